The molecule has 3 rings (SSSR count). The minimum atomic E-state index is -0.500. The van der Waals surface area contributed by atoms with Gasteiger partial charge in [-0.3, -0.25) is 14.9 Å². The molecule has 1 aliphatic rings. The van der Waals surface area contributed by atoms with Crippen LogP contribution in [0.1, 0.15) is 17.8 Å². The Morgan fingerprint density at radius 2 is 2.24 bits per heavy atom. The average Bonchev–Trinajstić information content (AvgIpc) is 2.97. The predicted molar refractivity (Wildman–Crippen MR) is 71.6 cm³/mol. The summed E-state index contributed by atoms with van der Waals surface area (Å²) in [6.45, 7) is 0.211. The molecule has 10 nitrogen and oxygen atoms in total. The maximum Gasteiger partial charge on any atom is 0.294 e. The van der Waals surface area contributed by atoms with E-state index in [1.807, 2.05) is 0 Å². The van der Waals surface area contributed by atoms with E-state index in [2.05, 4.69) is 31.3 Å². The number of amides is 1. The van der Waals surface area contributed by atoms with Gasteiger partial charge >= 0.3 is 0 Å². The third-order valence-corrected chi connectivity index (χ3v) is 3.14. The molecule has 0 atom stereocenters. The highest BCUT2D eigenvalue weighted by atomic mass is 16.6. The van der Waals surface area contributed by atoms with Gasteiger partial charge in [0.2, 0.25) is 5.91 Å². The third-order valence-electron chi connectivity index (χ3n) is 3.14. The monoisotopic (exact) mass is 289 g/mol. The van der Waals surface area contributed by atoms with Gasteiger partial charge in [-0.05, 0) is 18.1 Å². The Bertz CT molecular complexity index is 698. The van der Waals surface area contributed by atoms with Crippen LogP contribution in [0.3, 0.4) is 0 Å². The standard InChI is InChI=1S/C11H11N7O3/c19-11-2-1-6-3-8(12-5-10-14-16-17-15-10)9(18(20)21)4-7(6)13-11/h3-4,12H,1-2,5H2,(H,13,19)(H,14,15,16,17). The quantitative estimate of drug-likeness (QED) is 0.553. The minimum absolute atomic E-state index is 0.112. The maximum absolute atomic E-state index is 11.3. The van der Waals surface area contributed by atoms with Crippen molar-refractivity contribution in [3.8, 4) is 0 Å². The number of carbonyl (C=O) groups excluding carboxylic acids is 1. The van der Waals surface area contributed by atoms with Crippen LogP contribution in [0.4, 0.5) is 17.1 Å². The number of nitro benzene ring substituents is 1. The van der Waals surface area contributed by atoms with E-state index < -0.39 is 4.92 Å². The molecule has 3 N–H and O–H groups in total. The number of rotatable bonds is 4. The molecule has 2 heterocycles. The molecule has 1 aromatic carbocycles. The lowest BCUT2D eigenvalue weighted by molar-refractivity contribution is -0.383. The summed E-state index contributed by atoms with van der Waals surface area (Å²) >= 11 is 0. The Balaban J connectivity index is 1.91. The van der Waals surface area contributed by atoms with Crippen LogP contribution in [0.2, 0.25) is 0 Å². The fourth-order valence-corrected chi connectivity index (χ4v) is 2.14. The van der Waals surface area contributed by atoms with Crippen molar-refractivity contribution in [3.63, 3.8) is 0 Å². The SMILES string of the molecule is O=C1CCc2cc(NCc3nn[nH]n3)c([N+](=O)[O-])cc2N1. The molecule has 0 spiro atoms. The van der Waals surface area contributed by atoms with Gasteiger partial charge in [0, 0.05) is 12.5 Å². The number of carbonyl (C=O) groups is 1. The summed E-state index contributed by atoms with van der Waals surface area (Å²) in [5, 5.41) is 30.0. The molecule has 1 aromatic heterocycles. The average molecular weight is 289 g/mol. The molecule has 108 valence electrons. The lowest BCUT2D eigenvalue weighted by Crippen LogP contribution is -2.19. The minimum Gasteiger partial charge on any atom is -0.372 e. The van der Waals surface area contributed by atoms with Crippen molar-refractivity contribution in [1.82, 2.24) is 20.6 Å². The zero-order chi connectivity index (χ0) is 14.8. The third kappa shape index (κ3) is 2.63. The number of aromatic amines is 1. The summed E-state index contributed by atoms with van der Waals surface area (Å²) in [6, 6.07) is 3.04. The van der Waals surface area contributed by atoms with Gasteiger partial charge < -0.3 is 10.6 Å². The van der Waals surface area contributed by atoms with Gasteiger partial charge in [-0.2, -0.15) is 5.21 Å². The molecule has 1 amide bonds. The lowest BCUT2D eigenvalue weighted by Gasteiger charge is -2.18. The Hall–Kier alpha value is -3.04. The Morgan fingerprint density at radius 1 is 1.38 bits per heavy atom. The highest BCUT2D eigenvalue weighted by Crippen LogP contribution is 2.34. The number of aryl methyl sites for hydroxylation is 1. The fraction of sp³-hybridized carbons (Fsp3) is 0.273. The summed E-state index contributed by atoms with van der Waals surface area (Å²) in [4.78, 5) is 22.0. The first-order valence-corrected chi connectivity index (χ1v) is 6.21. The Labute approximate surface area is 118 Å². The second kappa shape index (κ2) is 5.15. The van der Waals surface area contributed by atoms with E-state index in [9.17, 15) is 14.9 Å². The number of nitro groups is 1. The van der Waals surface area contributed by atoms with Gasteiger partial charge in [0.05, 0.1) is 17.2 Å². The number of tetrazole rings is 1. The summed E-state index contributed by atoms with van der Waals surface area (Å²) in [5.74, 6) is 0.264. The number of anilines is 2. The van der Waals surface area contributed by atoms with Crippen LogP contribution in [0.25, 0.3) is 0 Å². The molecule has 0 aliphatic carbocycles. The molecular formula is C11H11N7O3. The van der Waals surface area contributed by atoms with E-state index in [1.165, 1.54) is 6.07 Å². The van der Waals surface area contributed by atoms with Gasteiger partial charge in [-0.25, -0.2) is 0 Å². The summed E-state index contributed by atoms with van der Waals surface area (Å²) in [6.07, 6.45) is 0.922. The lowest BCUT2D eigenvalue weighted by atomic mass is 10.0. The molecule has 0 saturated heterocycles. The van der Waals surface area contributed by atoms with Crippen LogP contribution >= 0.6 is 0 Å². The zero-order valence-electron chi connectivity index (χ0n) is 10.8. The van der Waals surface area contributed by atoms with E-state index >= 15 is 0 Å². The van der Waals surface area contributed by atoms with Gasteiger partial charge in [-0.1, -0.05) is 5.21 Å². The van der Waals surface area contributed by atoms with E-state index in [1.54, 1.807) is 6.07 Å². The normalized spacial score (nSPS) is 13.4. The summed E-state index contributed by atoms with van der Waals surface area (Å²) in [7, 11) is 0. The van der Waals surface area contributed by atoms with Gasteiger partial charge in [0.15, 0.2) is 5.82 Å². The molecule has 0 fully saturated rings. The number of benzene rings is 1. The smallest absolute Gasteiger partial charge is 0.294 e. The molecule has 2 aromatic rings. The van der Waals surface area contributed by atoms with Crippen molar-refractivity contribution in [2.45, 2.75) is 19.4 Å². The number of hydrogen-bond acceptors (Lipinski definition) is 7. The van der Waals surface area contributed by atoms with Crippen molar-refractivity contribution < 1.29 is 9.72 Å². The van der Waals surface area contributed by atoms with Crippen LogP contribution in [0.5, 0.6) is 0 Å². The van der Waals surface area contributed by atoms with Crippen molar-refractivity contribution in [3.05, 3.63) is 33.6 Å². The van der Waals surface area contributed by atoms with Crippen LogP contribution in [-0.4, -0.2) is 31.5 Å². The molecule has 0 unspecified atom stereocenters. The number of hydrogen-bond donors (Lipinski definition) is 3. The first-order valence-electron chi connectivity index (χ1n) is 6.21. The van der Waals surface area contributed by atoms with Crippen molar-refractivity contribution in [2.24, 2.45) is 0 Å². The first kappa shape index (κ1) is 13.0. The largest absolute Gasteiger partial charge is 0.372 e. The molecule has 21 heavy (non-hydrogen) atoms. The van der Waals surface area contributed by atoms with Crippen LogP contribution in [-0.2, 0) is 17.8 Å². The van der Waals surface area contributed by atoms with Crippen molar-refractivity contribution in [2.75, 3.05) is 10.6 Å². The van der Waals surface area contributed by atoms with Gasteiger partial charge in [0.1, 0.15) is 5.69 Å². The highest BCUT2D eigenvalue weighted by Gasteiger charge is 2.22. The maximum atomic E-state index is 11.3. The fourth-order valence-electron chi connectivity index (χ4n) is 2.14. The number of H-pyrrole nitrogens is 1. The second-order valence-corrected chi connectivity index (χ2v) is 4.51. The van der Waals surface area contributed by atoms with Crippen molar-refractivity contribution >= 4 is 23.0 Å². The van der Waals surface area contributed by atoms with E-state index in [-0.39, 0.29) is 18.1 Å². The van der Waals surface area contributed by atoms with Crippen LogP contribution < -0.4 is 10.6 Å². The number of aromatic nitrogens is 4. The van der Waals surface area contributed by atoms with Gasteiger partial charge in [0.25, 0.3) is 5.69 Å². The van der Waals surface area contributed by atoms with E-state index in [0.717, 1.165) is 5.56 Å². The molecule has 0 radical (unpaired) electrons. The number of nitrogens with zero attached hydrogens (tertiary/aromatic N) is 4. The second-order valence-electron chi connectivity index (χ2n) is 4.51. The summed E-state index contributed by atoms with van der Waals surface area (Å²) in [5.41, 5.74) is 1.60. The molecule has 10 heteroatoms. The van der Waals surface area contributed by atoms with Crippen molar-refractivity contribution in [1.29, 1.82) is 0 Å². The highest BCUT2D eigenvalue weighted by molar-refractivity contribution is 5.95. The first-order chi connectivity index (χ1) is 10.1. The Kier molecular flexibility index (Phi) is 3.18. The van der Waals surface area contributed by atoms with Gasteiger partial charge in [-0.15, -0.1) is 10.2 Å². The van der Waals surface area contributed by atoms with E-state index in [0.29, 0.717) is 30.0 Å². The van der Waals surface area contributed by atoms with E-state index in [4.69, 9.17) is 0 Å². The Morgan fingerprint density at radius 3 is 2.95 bits per heavy atom. The van der Waals surface area contributed by atoms with Crippen LogP contribution in [0, 0.1) is 10.1 Å². The predicted octanol–water partition coefficient (Wildman–Crippen LogP) is 0.605. The number of fused-ring (bicyclic) bond motifs is 1. The summed E-state index contributed by atoms with van der Waals surface area (Å²) < 4.78 is 0. The molecule has 0 saturated carbocycles. The van der Waals surface area contributed by atoms with Crippen LogP contribution in [0.15, 0.2) is 12.1 Å². The number of nitrogens with one attached hydrogen (secondary N) is 3. The molecule has 0 bridgehead atoms. The molecular weight excluding hydrogens is 278 g/mol. The molecule has 1 aliphatic heterocycles. The zero-order valence-corrected chi connectivity index (χ0v) is 10.8. The topological polar surface area (TPSA) is 139 Å².